The van der Waals surface area contributed by atoms with E-state index in [9.17, 15) is 9.59 Å². The lowest BCUT2D eigenvalue weighted by atomic mass is 9.83. The zero-order chi connectivity index (χ0) is 38.0. The number of benzene rings is 4. The molecule has 11 heteroatoms. The Morgan fingerprint density at radius 3 is 2.04 bits per heavy atom. The molecule has 0 unspecified atom stereocenters. The minimum absolute atomic E-state index is 0.0123. The molecule has 1 heterocycles. The summed E-state index contributed by atoms with van der Waals surface area (Å²) in [6.07, 6.45) is -0.520. The summed E-state index contributed by atoms with van der Waals surface area (Å²) in [4.78, 5) is 33.1. The van der Waals surface area contributed by atoms with Crippen LogP contribution < -0.4 is 24.3 Å². The Bertz CT molecular complexity index is 1840. The van der Waals surface area contributed by atoms with Gasteiger partial charge in [0.2, 0.25) is 5.90 Å². The number of aliphatic hydroxyl groups excluding tert-OH is 1. The Morgan fingerprint density at radius 2 is 1.45 bits per heavy atom. The van der Waals surface area contributed by atoms with Gasteiger partial charge in [-0.2, -0.15) is 0 Å². The quantitative estimate of drug-likeness (QED) is 0.0942. The standard InChI is InChI=1S/C42H48N2O9/c1-41(2,3)53-37(46)21-22-42(40(47)43-27-34-35(49-5)25-33(48-4)26-36(34)50-6)38(30-15-13-29(14-16-30)28-11-8-7-9-12-28)52-39(44-42)31-17-19-32(20-18-31)51-24-10-23-45/h7-9,11-20,25-26,38,45H,10,21-24,27H2,1-6H3,(H,43,47)/t38-,42-/m1/s1. The van der Waals surface area contributed by atoms with E-state index in [-0.39, 0.29) is 31.9 Å². The van der Waals surface area contributed by atoms with Crippen LogP contribution in [0.1, 0.15) is 62.8 Å². The van der Waals surface area contributed by atoms with E-state index in [0.717, 1.165) is 11.1 Å². The molecule has 0 saturated heterocycles. The Balaban J connectivity index is 1.57. The molecule has 1 aliphatic rings. The average Bonchev–Trinajstić information content (AvgIpc) is 3.56. The molecule has 2 N–H and O–H groups in total. The predicted octanol–water partition coefficient (Wildman–Crippen LogP) is 6.84. The summed E-state index contributed by atoms with van der Waals surface area (Å²) in [5.74, 6) is 1.39. The van der Waals surface area contributed by atoms with Gasteiger partial charge in [0.15, 0.2) is 11.6 Å². The lowest BCUT2D eigenvalue weighted by molar-refractivity contribution is -0.155. The Kier molecular flexibility index (Phi) is 12.6. The largest absolute Gasteiger partial charge is 0.496 e. The number of nitrogens with zero attached hydrogens (tertiary/aromatic N) is 1. The molecule has 0 aliphatic carbocycles. The summed E-state index contributed by atoms with van der Waals surface area (Å²) >= 11 is 0. The first kappa shape index (κ1) is 38.7. The van der Waals surface area contributed by atoms with Crippen LogP contribution in [-0.4, -0.2) is 68.6 Å². The number of esters is 1. The molecule has 1 amide bonds. The van der Waals surface area contributed by atoms with Gasteiger partial charge in [0.25, 0.3) is 5.91 Å². The highest BCUT2D eigenvalue weighted by Gasteiger charge is 2.53. The number of aliphatic hydroxyl groups is 1. The summed E-state index contributed by atoms with van der Waals surface area (Å²) in [5.41, 5.74) is 1.64. The number of hydrogen-bond acceptors (Lipinski definition) is 10. The highest BCUT2D eigenvalue weighted by atomic mass is 16.6. The van der Waals surface area contributed by atoms with Gasteiger partial charge in [0, 0.05) is 37.1 Å². The van der Waals surface area contributed by atoms with Gasteiger partial charge in [-0.1, -0.05) is 54.6 Å². The van der Waals surface area contributed by atoms with E-state index in [1.165, 1.54) is 14.2 Å². The fourth-order valence-corrected chi connectivity index (χ4v) is 6.11. The van der Waals surface area contributed by atoms with Crippen molar-refractivity contribution in [1.29, 1.82) is 0 Å². The van der Waals surface area contributed by atoms with Gasteiger partial charge in [0.1, 0.15) is 28.6 Å². The highest BCUT2D eigenvalue weighted by molar-refractivity contribution is 6.01. The second-order valence-electron chi connectivity index (χ2n) is 13.6. The van der Waals surface area contributed by atoms with E-state index in [2.05, 4.69) is 5.32 Å². The maximum Gasteiger partial charge on any atom is 0.306 e. The topological polar surface area (TPSA) is 134 Å². The van der Waals surface area contributed by atoms with Crippen molar-refractivity contribution in [1.82, 2.24) is 5.32 Å². The molecule has 5 rings (SSSR count). The number of carbonyl (C=O) groups excluding carboxylic acids is 2. The van der Waals surface area contributed by atoms with E-state index in [1.54, 1.807) is 64.3 Å². The van der Waals surface area contributed by atoms with Crippen LogP contribution in [0.25, 0.3) is 11.1 Å². The molecule has 53 heavy (non-hydrogen) atoms. The second-order valence-corrected chi connectivity index (χ2v) is 13.6. The van der Waals surface area contributed by atoms with Gasteiger partial charge in [-0.15, -0.1) is 0 Å². The van der Waals surface area contributed by atoms with Crippen LogP contribution in [0, 0.1) is 0 Å². The third-order valence-electron chi connectivity index (χ3n) is 8.72. The first-order valence-electron chi connectivity index (χ1n) is 17.5. The highest BCUT2D eigenvalue weighted by Crippen LogP contribution is 2.44. The first-order valence-corrected chi connectivity index (χ1v) is 17.5. The SMILES string of the molecule is COc1cc(OC)c(CNC(=O)[C@]2(CCC(=O)OC(C)(C)C)N=C(c3ccc(OCCCO)cc3)O[C@@H]2c2ccc(-c3ccccc3)cc2)c(OC)c1. The summed E-state index contributed by atoms with van der Waals surface area (Å²) < 4.78 is 34.8. The van der Waals surface area contributed by atoms with Crippen LogP contribution in [0.3, 0.4) is 0 Å². The molecule has 0 saturated carbocycles. The van der Waals surface area contributed by atoms with E-state index in [0.29, 0.717) is 52.7 Å². The van der Waals surface area contributed by atoms with Crippen molar-refractivity contribution in [2.75, 3.05) is 34.5 Å². The van der Waals surface area contributed by atoms with Gasteiger partial charge >= 0.3 is 5.97 Å². The molecule has 280 valence electrons. The minimum atomic E-state index is -1.59. The Hall–Kier alpha value is -5.55. The molecule has 0 spiro atoms. The Labute approximate surface area is 310 Å². The van der Waals surface area contributed by atoms with Gasteiger partial charge in [-0.05, 0) is 68.1 Å². The third kappa shape index (κ3) is 9.47. The van der Waals surface area contributed by atoms with Crippen molar-refractivity contribution in [2.45, 2.75) is 63.8 Å². The van der Waals surface area contributed by atoms with Gasteiger partial charge < -0.3 is 38.8 Å². The number of rotatable bonds is 16. The fraction of sp³-hybridized carbons (Fsp3) is 0.357. The molecule has 2 atom stereocenters. The average molecular weight is 725 g/mol. The predicted molar refractivity (Wildman–Crippen MR) is 202 cm³/mol. The van der Waals surface area contributed by atoms with E-state index in [1.807, 2.05) is 54.6 Å². The summed E-state index contributed by atoms with van der Waals surface area (Å²) in [5, 5.41) is 12.2. The molecule has 4 aromatic rings. The maximum atomic E-state index is 14.8. The van der Waals surface area contributed by atoms with Crippen molar-refractivity contribution in [3.05, 3.63) is 108 Å². The third-order valence-corrected chi connectivity index (χ3v) is 8.72. The summed E-state index contributed by atoms with van der Waals surface area (Å²) in [6, 6.07) is 28.4. The number of nitrogens with one attached hydrogen (secondary N) is 1. The van der Waals surface area contributed by atoms with Crippen molar-refractivity contribution in [3.8, 4) is 34.1 Å². The van der Waals surface area contributed by atoms with Gasteiger partial charge in [0.05, 0.1) is 40.0 Å². The van der Waals surface area contributed by atoms with E-state index >= 15 is 0 Å². The molecule has 0 aromatic heterocycles. The van der Waals surface area contributed by atoms with Gasteiger partial charge in [-0.3, -0.25) is 9.59 Å². The normalized spacial score (nSPS) is 16.6. The molecule has 0 bridgehead atoms. The maximum absolute atomic E-state index is 14.8. The number of hydrogen-bond donors (Lipinski definition) is 2. The first-order chi connectivity index (χ1) is 25.5. The molecule has 0 radical (unpaired) electrons. The van der Waals surface area contributed by atoms with E-state index in [4.69, 9.17) is 38.5 Å². The number of amides is 1. The fourth-order valence-electron chi connectivity index (χ4n) is 6.11. The van der Waals surface area contributed by atoms with Crippen molar-refractivity contribution >= 4 is 17.8 Å². The minimum Gasteiger partial charge on any atom is -0.496 e. The van der Waals surface area contributed by atoms with E-state index < -0.39 is 29.1 Å². The van der Waals surface area contributed by atoms with Crippen LogP contribution in [0.15, 0.2) is 96.0 Å². The lowest BCUT2D eigenvalue weighted by Crippen LogP contribution is -2.48. The number of carbonyl (C=O) groups is 2. The van der Waals surface area contributed by atoms with Crippen LogP contribution in [0.4, 0.5) is 0 Å². The zero-order valence-electron chi connectivity index (χ0n) is 31.1. The molecular formula is C42H48N2O9. The molecule has 4 aromatic carbocycles. The number of aliphatic imine (C=N–C) groups is 1. The summed E-state index contributed by atoms with van der Waals surface area (Å²) in [6.45, 7) is 5.81. The molecule has 11 nitrogen and oxygen atoms in total. The number of ether oxygens (including phenoxy) is 6. The summed E-state index contributed by atoms with van der Waals surface area (Å²) in [7, 11) is 4.60. The van der Waals surface area contributed by atoms with Crippen molar-refractivity contribution < 1.29 is 43.1 Å². The number of methoxy groups -OCH3 is 3. The van der Waals surface area contributed by atoms with Gasteiger partial charge in [-0.25, -0.2) is 4.99 Å². The molecule has 0 fully saturated rings. The lowest BCUT2D eigenvalue weighted by Gasteiger charge is -2.31. The van der Waals surface area contributed by atoms with Crippen LogP contribution >= 0.6 is 0 Å². The van der Waals surface area contributed by atoms with Crippen LogP contribution in [0.2, 0.25) is 0 Å². The smallest absolute Gasteiger partial charge is 0.306 e. The zero-order valence-corrected chi connectivity index (χ0v) is 31.1. The molecule has 1 aliphatic heterocycles. The Morgan fingerprint density at radius 1 is 0.830 bits per heavy atom. The van der Waals surface area contributed by atoms with Crippen LogP contribution in [-0.2, 0) is 25.6 Å². The van der Waals surface area contributed by atoms with Crippen molar-refractivity contribution in [3.63, 3.8) is 0 Å². The second kappa shape index (κ2) is 17.3. The van der Waals surface area contributed by atoms with Crippen molar-refractivity contribution in [2.24, 2.45) is 4.99 Å². The molecular weight excluding hydrogens is 676 g/mol. The monoisotopic (exact) mass is 724 g/mol. The van der Waals surface area contributed by atoms with Crippen LogP contribution in [0.5, 0.6) is 23.0 Å².